The molecule has 0 saturated carbocycles. The second-order valence-corrected chi connectivity index (χ2v) is 10.9. The lowest BCUT2D eigenvalue weighted by atomic mass is 10.1. The summed E-state index contributed by atoms with van der Waals surface area (Å²) in [5, 5.41) is 20.2. The fourth-order valence-electron chi connectivity index (χ4n) is 2.66. The summed E-state index contributed by atoms with van der Waals surface area (Å²) in [6, 6.07) is 0. The second kappa shape index (κ2) is 8.94. The lowest BCUT2D eigenvalue weighted by Gasteiger charge is -2.19. The van der Waals surface area contributed by atoms with Crippen LogP contribution in [0.4, 0.5) is 5.82 Å². The summed E-state index contributed by atoms with van der Waals surface area (Å²) in [5.74, 6) is -0.0732. The maximum Gasteiger partial charge on any atom is 0.490 e. The first kappa shape index (κ1) is 25.6. The first-order chi connectivity index (χ1) is 14.6. The Hall–Kier alpha value is -1.07. The molecular formula is C10H15ClN5O13P3. The van der Waals surface area contributed by atoms with E-state index in [1.165, 1.54) is 0 Å². The zero-order valence-electron chi connectivity index (χ0n) is 15.2. The number of halogens is 1. The number of nitrogen functional groups attached to an aromatic ring is 1. The van der Waals surface area contributed by atoms with Gasteiger partial charge in [-0.3, -0.25) is 9.09 Å². The molecule has 32 heavy (non-hydrogen) atoms. The molecule has 2 aromatic heterocycles. The Kier molecular flexibility index (Phi) is 7.14. The number of anilines is 1. The normalized spacial score (nSPS) is 28.0. The van der Waals surface area contributed by atoms with E-state index in [9.17, 15) is 28.8 Å². The number of aliphatic hydroxyl groups excluding tert-OH is 2. The van der Waals surface area contributed by atoms with E-state index in [0.29, 0.717) is 0 Å². The van der Waals surface area contributed by atoms with Gasteiger partial charge in [0.2, 0.25) is 5.28 Å². The molecule has 1 fully saturated rings. The van der Waals surface area contributed by atoms with Gasteiger partial charge in [-0.15, -0.1) is 0 Å². The molecule has 6 atom stereocenters. The minimum absolute atomic E-state index is 0.0345. The topological polar surface area (TPSA) is 279 Å². The highest BCUT2D eigenvalue weighted by Crippen LogP contribution is 2.66. The first-order valence-electron chi connectivity index (χ1n) is 8.04. The Bertz CT molecular complexity index is 1160. The molecule has 0 bridgehead atoms. The molecule has 0 radical (unpaired) electrons. The number of phosphoric ester groups is 1. The minimum Gasteiger partial charge on any atom is -0.387 e. The van der Waals surface area contributed by atoms with Crippen LogP contribution in [0.2, 0.25) is 5.28 Å². The number of hydrogen-bond donors (Lipinski definition) is 7. The van der Waals surface area contributed by atoms with E-state index in [4.69, 9.17) is 36.8 Å². The maximum atomic E-state index is 11.8. The van der Waals surface area contributed by atoms with E-state index < -0.39 is 54.6 Å². The van der Waals surface area contributed by atoms with Crippen LogP contribution >= 0.6 is 35.1 Å². The van der Waals surface area contributed by atoms with Crippen molar-refractivity contribution >= 4 is 52.1 Å². The van der Waals surface area contributed by atoms with Gasteiger partial charge >= 0.3 is 23.5 Å². The predicted octanol–water partition coefficient (Wildman–Crippen LogP) is -0.976. The lowest BCUT2D eigenvalue weighted by molar-refractivity contribution is -0.0503. The zero-order valence-corrected chi connectivity index (χ0v) is 18.7. The van der Waals surface area contributed by atoms with E-state index in [0.717, 1.165) is 10.9 Å². The van der Waals surface area contributed by atoms with E-state index >= 15 is 0 Å². The van der Waals surface area contributed by atoms with E-state index in [-0.39, 0.29) is 22.3 Å². The SMILES string of the molecule is Nc1nc(Cl)nc2c1ncn2[C@@H]1O[C@H](COP(=O)(O)OP(=O)(O)OP(=O)(O)O)[C@@H](O)[C@H]1O. The van der Waals surface area contributed by atoms with Gasteiger partial charge in [0, 0.05) is 0 Å². The third-order valence-corrected chi connectivity index (χ3v) is 7.82. The van der Waals surface area contributed by atoms with E-state index in [1.54, 1.807) is 0 Å². The quantitative estimate of drug-likeness (QED) is 0.156. The monoisotopic (exact) mass is 541 g/mol. The summed E-state index contributed by atoms with van der Waals surface area (Å²) in [5.41, 5.74) is 5.83. The molecule has 3 heterocycles. The maximum absolute atomic E-state index is 11.8. The van der Waals surface area contributed by atoms with Crippen LogP contribution in [-0.4, -0.2) is 74.2 Å². The lowest BCUT2D eigenvalue weighted by Crippen LogP contribution is -2.33. The fraction of sp³-hybridized carbons (Fsp3) is 0.500. The van der Waals surface area contributed by atoms with E-state index in [1.807, 2.05) is 0 Å². The molecule has 180 valence electrons. The van der Waals surface area contributed by atoms with Crippen molar-refractivity contribution < 1.29 is 61.4 Å². The Morgan fingerprint density at radius 3 is 2.38 bits per heavy atom. The molecule has 0 spiro atoms. The molecule has 18 nitrogen and oxygen atoms in total. The van der Waals surface area contributed by atoms with Crippen molar-refractivity contribution in [3.8, 4) is 0 Å². The molecule has 3 rings (SSSR count). The molecule has 2 unspecified atom stereocenters. The van der Waals surface area contributed by atoms with Crippen molar-refractivity contribution in [2.24, 2.45) is 0 Å². The summed E-state index contributed by atoms with van der Waals surface area (Å²) in [6.45, 7) is -0.983. The molecule has 1 aliphatic rings. The van der Waals surface area contributed by atoms with Crippen LogP contribution < -0.4 is 5.73 Å². The molecule has 0 aliphatic carbocycles. The van der Waals surface area contributed by atoms with Gasteiger partial charge < -0.3 is 40.3 Å². The highest BCUT2D eigenvalue weighted by molar-refractivity contribution is 7.66. The van der Waals surface area contributed by atoms with Crippen molar-refractivity contribution in [3.63, 3.8) is 0 Å². The minimum atomic E-state index is -5.72. The van der Waals surface area contributed by atoms with Crippen LogP contribution in [0.3, 0.4) is 0 Å². The number of aromatic nitrogens is 4. The predicted molar refractivity (Wildman–Crippen MR) is 100 cm³/mol. The number of fused-ring (bicyclic) bond motifs is 1. The van der Waals surface area contributed by atoms with Crippen LogP contribution in [-0.2, 0) is 31.6 Å². The Morgan fingerprint density at radius 2 is 1.75 bits per heavy atom. The number of nitrogens with zero attached hydrogens (tertiary/aromatic N) is 4. The van der Waals surface area contributed by atoms with Gasteiger partial charge in [0.1, 0.15) is 23.8 Å². The molecule has 0 amide bonds. The smallest absolute Gasteiger partial charge is 0.387 e. The zero-order chi connectivity index (χ0) is 24.1. The van der Waals surface area contributed by atoms with Crippen LogP contribution in [0, 0.1) is 0 Å². The largest absolute Gasteiger partial charge is 0.490 e. The summed E-state index contributed by atoms with van der Waals surface area (Å²) < 4.78 is 51.9. The number of ether oxygens (including phenoxy) is 1. The Labute approximate surface area is 182 Å². The van der Waals surface area contributed by atoms with Gasteiger partial charge in [0.15, 0.2) is 17.7 Å². The third kappa shape index (κ3) is 5.88. The number of imidazole rings is 1. The van der Waals surface area contributed by atoms with Crippen molar-refractivity contribution in [2.45, 2.75) is 24.5 Å². The fourth-order valence-corrected chi connectivity index (χ4v) is 5.87. The average molecular weight is 542 g/mol. The van der Waals surface area contributed by atoms with Gasteiger partial charge in [-0.25, -0.2) is 18.7 Å². The van der Waals surface area contributed by atoms with Gasteiger partial charge in [0.25, 0.3) is 0 Å². The number of phosphoric acid groups is 3. The standard InChI is InChI=1S/C10H15ClN5O13P3/c11-10-14-7(12)4-8(15-10)16(2-13-4)9-6(18)5(17)3(27-9)1-26-31(22,23)29-32(24,25)28-30(19,20)21/h2-3,5-6,9,17-18H,1H2,(H,22,23)(H,24,25)(H2,12,14,15)(H2,19,20,21)/t3-,5-,6-,9-/m1/s1. The molecule has 1 saturated heterocycles. The van der Waals surface area contributed by atoms with Gasteiger partial charge in [-0.05, 0) is 11.6 Å². The summed E-state index contributed by atoms with van der Waals surface area (Å²) >= 11 is 5.75. The first-order valence-corrected chi connectivity index (χ1v) is 12.9. The number of hydrogen-bond acceptors (Lipinski definition) is 13. The molecule has 0 aromatic carbocycles. The van der Waals surface area contributed by atoms with Crippen molar-refractivity contribution in [2.75, 3.05) is 12.3 Å². The van der Waals surface area contributed by atoms with Crippen LogP contribution in [0.25, 0.3) is 11.2 Å². The van der Waals surface area contributed by atoms with Gasteiger partial charge in [-0.2, -0.15) is 18.6 Å². The summed E-state index contributed by atoms with van der Waals surface area (Å²) in [4.78, 5) is 47.2. The molecule has 2 aromatic rings. The average Bonchev–Trinajstić information content (AvgIpc) is 3.12. The molecule has 8 N–H and O–H groups in total. The highest BCUT2D eigenvalue weighted by Gasteiger charge is 2.47. The molecule has 1 aliphatic heterocycles. The third-order valence-electron chi connectivity index (χ3n) is 3.85. The van der Waals surface area contributed by atoms with E-state index in [2.05, 4.69) is 28.1 Å². The van der Waals surface area contributed by atoms with Crippen LogP contribution in [0.15, 0.2) is 6.33 Å². The second-order valence-electron chi connectivity index (χ2n) is 6.13. The number of aliphatic hydroxyl groups is 2. The van der Waals surface area contributed by atoms with Crippen molar-refractivity contribution in [3.05, 3.63) is 11.6 Å². The molecule has 22 heteroatoms. The van der Waals surface area contributed by atoms with Gasteiger partial charge in [0.05, 0.1) is 12.9 Å². The Morgan fingerprint density at radius 1 is 1.09 bits per heavy atom. The van der Waals surface area contributed by atoms with Crippen LogP contribution in [0.5, 0.6) is 0 Å². The highest BCUT2D eigenvalue weighted by atomic mass is 35.5. The Balaban J connectivity index is 1.72. The number of nitrogens with two attached hydrogens (primary N) is 1. The number of rotatable bonds is 8. The van der Waals surface area contributed by atoms with Crippen molar-refractivity contribution in [1.82, 2.24) is 19.5 Å². The summed E-state index contributed by atoms with van der Waals surface area (Å²) in [6.07, 6.45) is -5.05. The van der Waals surface area contributed by atoms with Gasteiger partial charge in [-0.1, -0.05) is 0 Å². The molecular weight excluding hydrogens is 527 g/mol. The van der Waals surface area contributed by atoms with Crippen LogP contribution in [0.1, 0.15) is 6.23 Å². The van der Waals surface area contributed by atoms with Crippen molar-refractivity contribution in [1.29, 1.82) is 0 Å². The summed E-state index contributed by atoms with van der Waals surface area (Å²) in [7, 11) is -16.7.